The lowest BCUT2D eigenvalue weighted by atomic mass is 10.2. The minimum Gasteiger partial charge on any atom is -0.379 e. The highest BCUT2D eigenvalue weighted by Crippen LogP contribution is 2.27. The van der Waals surface area contributed by atoms with Gasteiger partial charge in [0.2, 0.25) is 10.0 Å². The zero-order valence-corrected chi connectivity index (χ0v) is 15.5. The summed E-state index contributed by atoms with van der Waals surface area (Å²) >= 11 is 6.03. The van der Waals surface area contributed by atoms with Crippen molar-refractivity contribution in [1.29, 1.82) is 0 Å². The molecule has 0 aromatic heterocycles. The van der Waals surface area contributed by atoms with Crippen molar-refractivity contribution in [2.24, 2.45) is 0 Å². The Labute approximate surface area is 159 Å². The number of carbonyl (C=O) groups excluding carboxylic acids is 1. The number of carbonyl (C=O) groups is 1. The zero-order chi connectivity index (χ0) is 19.6. The number of sulfonamides is 1. The quantitative estimate of drug-likeness (QED) is 0.831. The molecular weight excluding hydrogens is 402 g/mol. The summed E-state index contributed by atoms with van der Waals surface area (Å²) in [6.45, 7) is 0.832. The van der Waals surface area contributed by atoms with Gasteiger partial charge in [0.05, 0.1) is 18.2 Å². The second-order valence-electron chi connectivity index (χ2n) is 5.71. The van der Waals surface area contributed by atoms with E-state index in [9.17, 15) is 22.0 Å². The maximum atomic E-state index is 13.7. The van der Waals surface area contributed by atoms with Crippen LogP contribution in [-0.4, -0.2) is 44.9 Å². The highest BCUT2D eigenvalue weighted by atomic mass is 35.5. The summed E-state index contributed by atoms with van der Waals surface area (Å²) in [7, 11) is -3.94. The number of amides is 1. The predicted molar refractivity (Wildman–Crippen MR) is 95.3 cm³/mol. The van der Waals surface area contributed by atoms with Gasteiger partial charge in [-0.1, -0.05) is 17.7 Å². The molecule has 1 amide bonds. The molecule has 2 aromatic rings. The number of anilines is 1. The van der Waals surface area contributed by atoms with Crippen LogP contribution >= 0.6 is 11.6 Å². The first kappa shape index (κ1) is 19.7. The van der Waals surface area contributed by atoms with Crippen LogP contribution in [0, 0.1) is 11.6 Å². The lowest BCUT2D eigenvalue weighted by molar-refractivity contribution is 0.0730. The van der Waals surface area contributed by atoms with E-state index < -0.39 is 33.3 Å². The van der Waals surface area contributed by atoms with Crippen molar-refractivity contribution in [3.63, 3.8) is 0 Å². The third-order valence-corrected chi connectivity index (χ3v) is 6.36. The predicted octanol–water partition coefficient (Wildman–Crippen LogP) is 2.89. The van der Waals surface area contributed by atoms with E-state index in [1.807, 2.05) is 0 Å². The van der Waals surface area contributed by atoms with Crippen molar-refractivity contribution in [3.05, 3.63) is 58.6 Å². The Morgan fingerprint density at radius 2 is 1.74 bits per heavy atom. The van der Waals surface area contributed by atoms with Crippen LogP contribution in [0.25, 0.3) is 0 Å². The third kappa shape index (κ3) is 4.11. The molecule has 0 atom stereocenters. The van der Waals surface area contributed by atoms with E-state index >= 15 is 0 Å². The van der Waals surface area contributed by atoms with E-state index in [2.05, 4.69) is 5.32 Å². The number of ether oxygens (including phenoxy) is 1. The average Bonchev–Trinajstić information content (AvgIpc) is 2.65. The molecule has 1 saturated heterocycles. The van der Waals surface area contributed by atoms with Crippen LogP contribution in [-0.2, 0) is 14.8 Å². The van der Waals surface area contributed by atoms with Crippen LogP contribution in [0.5, 0.6) is 0 Å². The van der Waals surface area contributed by atoms with E-state index in [0.29, 0.717) is 0 Å². The molecule has 1 aliphatic heterocycles. The van der Waals surface area contributed by atoms with E-state index in [1.165, 1.54) is 16.4 Å². The van der Waals surface area contributed by atoms with Gasteiger partial charge in [-0.2, -0.15) is 4.31 Å². The molecule has 0 radical (unpaired) electrons. The first-order chi connectivity index (χ1) is 12.8. The summed E-state index contributed by atoms with van der Waals surface area (Å²) in [4.78, 5) is 12.1. The maximum absolute atomic E-state index is 13.7. The summed E-state index contributed by atoms with van der Waals surface area (Å²) in [5.41, 5.74) is -0.719. The normalized spacial score (nSPS) is 15.5. The van der Waals surface area contributed by atoms with Gasteiger partial charge >= 0.3 is 0 Å². The minimum absolute atomic E-state index is 0.0601. The third-order valence-electron chi connectivity index (χ3n) is 3.98. The lowest BCUT2D eigenvalue weighted by Crippen LogP contribution is -2.40. The molecule has 0 spiro atoms. The molecule has 3 rings (SSSR count). The smallest absolute Gasteiger partial charge is 0.255 e. The van der Waals surface area contributed by atoms with Gasteiger partial charge in [0, 0.05) is 18.7 Å². The Hall–Kier alpha value is -2.07. The van der Waals surface area contributed by atoms with Crippen LogP contribution in [0.1, 0.15) is 10.4 Å². The number of hydrogen-bond donors (Lipinski definition) is 1. The SMILES string of the molecule is O=C(Nc1c(F)cccc1F)c1ccc(Cl)c(S(=O)(=O)N2CCOCC2)c1. The number of morpholine rings is 1. The highest BCUT2D eigenvalue weighted by molar-refractivity contribution is 7.89. The summed E-state index contributed by atoms with van der Waals surface area (Å²) in [5.74, 6) is -2.76. The van der Waals surface area contributed by atoms with E-state index in [0.717, 1.165) is 24.3 Å². The first-order valence-corrected chi connectivity index (χ1v) is 9.75. The standard InChI is InChI=1S/C17H15ClF2N2O4S/c18-12-5-4-11(17(23)21-16-13(19)2-1-3-14(16)20)10-15(12)27(24,25)22-6-8-26-9-7-22/h1-5,10H,6-9H2,(H,21,23). The fraction of sp³-hybridized carbons (Fsp3) is 0.235. The summed E-state index contributed by atoms with van der Waals surface area (Å²) in [6.07, 6.45) is 0. The molecule has 1 fully saturated rings. The topological polar surface area (TPSA) is 75.7 Å². The van der Waals surface area contributed by atoms with Crippen LogP contribution in [0.2, 0.25) is 5.02 Å². The zero-order valence-electron chi connectivity index (χ0n) is 13.9. The highest BCUT2D eigenvalue weighted by Gasteiger charge is 2.29. The van der Waals surface area contributed by atoms with E-state index in [4.69, 9.17) is 16.3 Å². The molecule has 1 heterocycles. The van der Waals surface area contributed by atoms with Crippen molar-refractivity contribution in [1.82, 2.24) is 4.31 Å². The molecule has 27 heavy (non-hydrogen) atoms. The maximum Gasteiger partial charge on any atom is 0.255 e. The lowest BCUT2D eigenvalue weighted by Gasteiger charge is -2.26. The Bertz CT molecular complexity index is 959. The summed E-state index contributed by atoms with van der Waals surface area (Å²) < 4.78 is 59.3. The Morgan fingerprint density at radius 3 is 2.37 bits per heavy atom. The van der Waals surface area contributed by atoms with Gasteiger partial charge in [-0.05, 0) is 30.3 Å². The van der Waals surface area contributed by atoms with Gasteiger partial charge in [0.1, 0.15) is 22.2 Å². The molecule has 1 N–H and O–H groups in total. The molecule has 10 heteroatoms. The molecule has 0 bridgehead atoms. The van der Waals surface area contributed by atoms with Crippen LogP contribution in [0.15, 0.2) is 41.3 Å². The molecule has 6 nitrogen and oxygen atoms in total. The fourth-order valence-corrected chi connectivity index (χ4v) is 4.48. The number of nitrogens with zero attached hydrogens (tertiary/aromatic N) is 1. The van der Waals surface area contributed by atoms with Gasteiger partial charge in [-0.3, -0.25) is 4.79 Å². The minimum atomic E-state index is -3.94. The van der Waals surface area contributed by atoms with Crippen LogP contribution < -0.4 is 5.32 Å². The number of rotatable bonds is 4. The fourth-order valence-electron chi connectivity index (χ4n) is 2.57. The second-order valence-corrected chi connectivity index (χ2v) is 8.03. The largest absolute Gasteiger partial charge is 0.379 e. The number of halogens is 3. The molecule has 144 valence electrons. The monoisotopic (exact) mass is 416 g/mol. The van der Waals surface area contributed by atoms with Gasteiger partial charge < -0.3 is 10.1 Å². The Kier molecular flexibility index (Phi) is 5.75. The molecule has 1 aliphatic rings. The van der Waals surface area contributed by atoms with Crippen molar-refractivity contribution < 1.29 is 26.7 Å². The molecule has 0 unspecified atom stereocenters. The van der Waals surface area contributed by atoms with Crippen molar-refractivity contribution in [2.75, 3.05) is 31.6 Å². The number of nitrogens with one attached hydrogen (secondary N) is 1. The molecule has 0 saturated carbocycles. The molecule has 2 aromatic carbocycles. The van der Waals surface area contributed by atoms with Gasteiger partial charge in [-0.15, -0.1) is 0 Å². The van der Waals surface area contributed by atoms with Crippen molar-refractivity contribution in [3.8, 4) is 0 Å². The van der Waals surface area contributed by atoms with Crippen molar-refractivity contribution >= 4 is 33.2 Å². The molecular formula is C17H15ClF2N2O4S. The van der Waals surface area contributed by atoms with E-state index in [-0.39, 0.29) is 41.8 Å². The van der Waals surface area contributed by atoms with E-state index in [1.54, 1.807) is 0 Å². The van der Waals surface area contributed by atoms with Gasteiger partial charge in [0.15, 0.2) is 0 Å². The number of hydrogen-bond acceptors (Lipinski definition) is 4. The Morgan fingerprint density at radius 1 is 1.11 bits per heavy atom. The number of para-hydroxylation sites is 1. The first-order valence-electron chi connectivity index (χ1n) is 7.93. The number of benzene rings is 2. The summed E-state index contributed by atoms with van der Waals surface area (Å²) in [6, 6.07) is 6.76. The Balaban J connectivity index is 1.92. The van der Waals surface area contributed by atoms with Crippen LogP contribution in [0.3, 0.4) is 0 Å². The van der Waals surface area contributed by atoms with Crippen molar-refractivity contribution in [2.45, 2.75) is 4.90 Å². The molecule has 0 aliphatic carbocycles. The average molecular weight is 417 g/mol. The van der Waals surface area contributed by atoms with Gasteiger partial charge in [0.25, 0.3) is 5.91 Å². The van der Waals surface area contributed by atoms with Crippen LogP contribution in [0.4, 0.5) is 14.5 Å². The summed E-state index contributed by atoms with van der Waals surface area (Å²) in [5, 5.41) is 2.05. The second kappa shape index (κ2) is 7.89. The van der Waals surface area contributed by atoms with Gasteiger partial charge in [-0.25, -0.2) is 17.2 Å².